The molecular weight excluding hydrogens is 364 g/mol. The van der Waals surface area contributed by atoms with E-state index in [9.17, 15) is 14.7 Å². The number of aromatic carboxylic acids is 1. The number of carbonyl (C=O) groups is 2. The Hall–Kier alpha value is -2.31. The maximum absolute atomic E-state index is 11.7. The van der Waals surface area contributed by atoms with Crippen molar-refractivity contribution in [2.75, 3.05) is 6.61 Å². The van der Waals surface area contributed by atoms with E-state index in [0.29, 0.717) is 17.7 Å². The maximum Gasteiger partial charge on any atom is 0.338 e. The molecule has 0 saturated carbocycles. The van der Waals surface area contributed by atoms with Crippen LogP contribution < -0.4 is 0 Å². The third kappa shape index (κ3) is 7.07. The molecule has 27 heavy (non-hydrogen) atoms. The Morgan fingerprint density at radius 3 is 1.93 bits per heavy atom. The minimum atomic E-state index is -0.875. The molecule has 1 heterocycles. The third-order valence-corrected chi connectivity index (χ3v) is 5.38. The summed E-state index contributed by atoms with van der Waals surface area (Å²) in [6.45, 7) is 4.28. The van der Waals surface area contributed by atoms with Crippen molar-refractivity contribution in [2.45, 2.75) is 37.4 Å². The molecule has 1 fully saturated rings. The van der Waals surface area contributed by atoms with Gasteiger partial charge in [-0.15, -0.1) is 11.8 Å². The number of ether oxygens (including phenoxy) is 1. The number of carbonyl (C=O) groups excluding carboxylic acids is 1. The highest BCUT2D eigenvalue weighted by molar-refractivity contribution is 8.00. The fraction of sp³-hybridized carbons (Fsp3) is 0.333. The van der Waals surface area contributed by atoms with Crippen LogP contribution in [-0.4, -0.2) is 39.4 Å². The Bertz CT molecular complexity index is 755. The first-order valence-electron chi connectivity index (χ1n) is 8.72. The van der Waals surface area contributed by atoms with E-state index in [2.05, 4.69) is 0 Å². The van der Waals surface area contributed by atoms with Gasteiger partial charge in [-0.05, 0) is 51.0 Å². The molecule has 2 N–H and O–H groups in total. The number of esters is 1. The van der Waals surface area contributed by atoms with Crippen LogP contribution >= 0.6 is 11.8 Å². The van der Waals surface area contributed by atoms with E-state index in [1.807, 2.05) is 26.0 Å². The third-order valence-electron chi connectivity index (χ3n) is 4.07. The van der Waals surface area contributed by atoms with Crippen molar-refractivity contribution < 1.29 is 24.5 Å². The minimum absolute atomic E-state index is 0.236. The van der Waals surface area contributed by atoms with Crippen LogP contribution in [0.4, 0.5) is 0 Å². The molecule has 1 saturated heterocycles. The summed E-state index contributed by atoms with van der Waals surface area (Å²) in [6, 6.07) is 14.1. The van der Waals surface area contributed by atoms with E-state index >= 15 is 0 Å². The van der Waals surface area contributed by atoms with Crippen LogP contribution in [0.5, 0.6) is 0 Å². The molecule has 0 bridgehead atoms. The molecule has 0 spiro atoms. The van der Waals surface area contributed by atoms with Crippen molar-refractivity contribution in [3.8, 4) is 0 Å². The number of carboxylic acid groups (broad SMARTS) is 1. The van der Waals surface area contributed by atoms with E-state index in [-0.39, 0.29) is 16.7 Å². The molecule has 1 aliphatic heterocycles. The van der Waals surface area contributed by atoms with Crippen LogP contribution in [0.15, 0.2) is 48.5 Å². The molecule has 2 atom stereocenters. The summed E-state index contributed by atoms with van der Waals surface area (Å²) in [4.78, 5) is 22.0. The summed E-state index contributed by atoms with van der Waals surface area (Å²) in [5, 5.41) is 18.0. The molecular formula is C21H24O5S. The normalized spacial score (nSPS) is 18.3. The van der Waals surface area contributed by atoms with E-state index in [1.165, 1.54) is 11.8 Å². The Morgan fingerprint density at radius 2 is 1.48 bits per heavy atom. The Labute approximate surface area is 163 Å². The average molecular weight is 388 g/mol. The summed E-state index contributed by atoms with van der Waals surface area (Å²) in [6.07, 6.45) is 1.70. The largest absolute Gasteiger partial charge is 0.478 e. The summed E-state index contributed by atoms with van der Waals surface area (Å²) in [7, 11) is 0. The number of carboxylic acids is 1. The van der Waals surface area contributed by atoms with Crippen LogP contribution in [0.1, 0.15) is 44.7 Å². The summed E-state index contributed by atoms with van der Waals surface area (Å²) >= 11 is 1.48. The molecule has 0 aromatic heterocycles. The Kier molecular flexibility index (Phi) is 7.88. The number of aliphatic hydroxyl groups excluding tert-OH is 1. The number of benzene rings is 2. The van der Waals surface area contributed by atoms with Crippen LogP contribution in [-0.2, 0) is 4.74 Å². The molecule has 144 valence electrons. The molecule has 6 heteroatoms. The molecule has 2 aromatic rings. The molecule has 5 nitrogen and oxygen atoms in total. The first kappa shape index (κ1) is 21.0. The van der Waals surface area contributed by atoms with Gasteiger partial charge in [0.05, 0.1) is 16.6 Å². The van der Waals surface area contributed by atoms with Crippen molar-refractivity contribution in [1.29, 1.82) is 0 Å². The average Bonchev–Trinajstić information content (AvgIpc) is 3.06. The van der Waals surface area contributed by atoms with Crippen molar-refractivity contribution in [3.63, 3.8) is 0 Å². The highest BCUT2D eigenvalue weighted by atomic mass is 32.2. The van der Waals surface area contributed by atoms with Gasteiger partial charge in [0.15, 0.2) is 0 Å². The van der Waals surface area contributed by atoms with Gasteiger partial charge in [-0.2, -0.15) is 0 Å². The standard InChI is InChI=1S/C13H16O3S.C8H8O2/c1-9-2-4-10(5-3-9)13(15)16-8-11-6-7-12(14)17-11;1-6-2-4-7(5-3-6)8(9)10/h2-5,11-12,14H,6-8H2,1H3;2-5H,1H3,(H,9,10)/t11-,12?;/m1./s1. The molecule has 0 radical (unpaired) electrons. The van der Waals surface area contributed by atoms with Crippen LogP contribution in [0.25, 0.3) is 0 Å². The molecule has 3 rings (SSSR count). The lowest BCUT2D eigenvalue weighted by atomic mass is 10.1. The SMILES string of the molecule is Cc1ccc(C(=O)O)cc1.Cc1ccc(C(=O)OC[C@H]2CCC(O)S2)cc1. The predicted molar refractivity (Wildman–Crippen MR) is 106 cm³/mol. The smallest absolute Gasteiger partial charge is 0.338 e. The van der Waals surface area contributed by atoms with Gasteiger partial charge in [0.25, 0.3) is 0 Å². The summed E-state index contributed by atoms with van der Waals surface area (Å²) in [5.74, 6) is -1.16. The molecule has 0 aliphatic carbocycles. The zero-order chi connectivity index (χ0) is 19.8. The first-order chi connectivity index (χ1) is 12.8. The van der Waals surface area contributed by atoms with Gasteiger partial charge in [0.2, 0.25) is 0 Å². The van der Waals surface area contributed by atoms with Gasteiger partial charge in [0, 0.05) is 5.25 Å². The first-order valence-corrected chi connectivity index (χ1v) is 9.66. The van der Waals surface area contributed by atoms with Gasteiger partial charge in [-0.3, -0.25) is 0 Å². The molecule has 1 unspecified atom stereocenters. The fourth-order valence-corrected chi connectivity index (χ4v) is 3.58. The van der Waals surface area contributed by atoms with Crippen molar-refractivity contribution in [3.05, 3.63) is 70.8 Å². The number of rotatable bonds is 4. The minimum Gasteiger partial charge on any atom is -0.478 e. The Morgan fingerprint density at radius 1 is 0.963 bits per heavy atom. The van der Waals surface area contributed by atoms with E-state index in [0.717, 1.165) is 24.0 Å². The fourth-order valence-electron chi connectivity index (χ4n) is 2.45. The maximum atomic E-state index is 11.7. The zero-order valence-corrected chi connectivity index (χ0v) is 16.2. The van der Waals surface area contributed by atoms with Gasteiger partial charge in [0.1, 0.15) is 6.61 Å². The van der Waals surface area contributed by atoms with Gasteiger partial charge in [-0.1, -0.05) is 35.4 Å². The van der Waals surface area contributed by atoms with Crippen molar-refractivity contribution >= 4 is 23.7 Å². The number of hydrogen-bond donors (Lipinski definition) is 2. The number of aryl methyl sites for hydroxylation is 2. The van der Waals surface area contributed by atoms with Crippen LogP contribution in [0.2, 0.25) is 0 Å². The van der Waals surface area contributed by atoms with Crippen LogP contribution in [0.3, 0.4) is 0 Å². The van der Waals surface area contributed by atoms with E-state index in [1.54, 1.807) is 36.4 Å². The highest BCUT2D eigenvalue weighted by Crippen LogP contribution is 2.31. The number of aliphatic hydroxyl groups is 1. The van der Waals surface area contributed by atoms with Gasteiger partial charge < -0.3 is 14.9 Å². The zero-order valence-electron chi connectivity index (χ0n) is 15.4. The van der Waals surface area contributed by atoms with Crippen molar-refractivity contribution in [2.24, 2.45) is 0 Å². The van der Waals surface area contributed by atoms with Crippen LogP contribution in [0, 0.1) is 13.8 Å². The molecule has 1 aliphatic rings. The second-order valence-corrected chi connectivity index (χ2v) is 7.91. The lowest BCUT2D eigenvalue weighted by Crippen LogP contribution is -2.14. The number of thioether (sulfide) groups is 1. The lowest BCUT2D eigenvalue weighted by Gasteiger charge is -2.10. The second kappa shape index (κ2) is 10.1. The summed E-state index contributed by atoms with van der Waals surface area (Å²) in [5.41, 5.74) is 2.82. The van der Waals surface area contributed by atoms with Gasteiger partial charge >= 0.3 is 11.9 Å². The van der Waals surface area contributed by atoms with E-state index in [4.69, 9.17) is 9.84 Å². The quantitative estimate of drug-likeness (QED) is 0.769. The summed E-state index contributed by atoms with van der Waals surface area (Å²) < 4.78 is 5.23. The van der Waals surface area contributed by atoms with E-state index < -0.39 is 5.97 Å². The Balaban J connectivity index is 0.000000223. The number of hydrogen-bond acceptors (Lipinski definition) is 5. The lowest BCUT2D eigenvalue weighted by molar-refractivity contribution is 0.0505. The highest BCUT2D eigenvalue weighted by Gasteiger charge is 2.24. The predicted octanol–water partition coefficient (Wildman–Crippen LogP) is 4.06. The monoisotopic (exact) mass is 388 g/mol. The molecule has 2 aromatic carbocycles. The van der Waals surface area contributed by atoms with Gasteiger partial charge in [-0.25, -0.2) is 9.59 Å². The second-order valence-electron chi connectivity index (χ2n) is 6.43. The topological polar surface area (TPSA) is 83.8 Å². The van der Waals surface area contributed by atoms with Crippen molar-refractivity contribution in [1.82, 2.24) is 0 Å². The molecule has 0 amide bonds.